The number of anilines is 2. The predicted octanol–water partition coefficient (Wildman–Crippen LogP) is 3.96. The van der Waals surface area contributed by atoms with Gasteiger partial charge in [-0.1, -0.05) is 12.1 Å². The van der Waals surface area contributed by atoms with Crippen molar-refractivity contribution in [3.8, 4) is 0 Å². The van der Waals surface area contributed by atoms with E-state index in [9.17, 15) is 24.5 Å². The van der Waals surface area contributed by atoms with Gasteiger partial charge in [0.1, 0.15) is 17.9 Å². The van der Waals surface area contributed by atoms with Gasteiger partial charge in [-0.05, 0) is 70.3 Å². The van der Waals surface area contributed by atoms with Crippen LogP contribution in [0, 0.1) is 10.1 Å². The number of nitro benzene ring substituents is 1. The van der Waals surface area contributed by atoms with Gasteiger partial charge in [-0.2, -0.15) is 0 Å². The molecular formula is C27H37N5O7. The first-order valence-corrected chi connectivity index (χ1v) is 12.3. The molecule has 2 rings (SSSR count). The fraction of sp³-hybridized carbons (Fsp3) is 0.444. The largest absolute Gasteiger partial charge is 0.444 e. The molecule has 0 aliphatic heterocycles. The van der Waals surface area contributed by atoms with E-state index < -0.39 is 22.7 Å². The molecule has 3 amide bonds. The average molecular weight is 544 g/mol. The molecule has 0 heterocycles. The molecule has 0 aromatic heterocycles. The predicted molar refractivity (Wildman–Crippen MR) is 148 cm³/mol. The van der Waals surface area contributed by atoms with E-state index in [0.717, 1.165) is 17.0 Å². The zero-order valence-electron chi connectivity index (χ0n) is 23.5. The number of nitrogens with zero attached hydrogens (tertiary/aromatic N) is 4. The Balaban J connectivity index is 2.03. The third-order valence-electron chi connectivity index (χ3n) is 5.47. The Bertz CT molecular complexity index is 1180. The van der Waals surface area contributed by atoms with Crippen molar-refractivity contribution in [3.05, 3.63) is 63.7 Å². The Hall–Kier alpha value is -4.19. The van der Waals surface area contributed by atoms with Crippen molar-refractivity contribution >= 4 is 35.2 Å². The number of nitrogens with one attached hydrogen (secondary N) is 1. The second kappa shape index (κ2) is 13.6. The van der Waals surface area contributed by atoms with Crippen LogP contribution in [-0.2, 0) is 27.3 Å². The smallest absolute Gasteiger partial charge is 0.414 e. The van der Waals surface area contributed by atoms with Crippen molar-refractivity contribution in [1.29, 1.82) is 0 Å². The Kier molecular flexibility index (Phi) is 10.8. The summed E-state index contributed by atoms with van der Waals surface area (Å²) in [5, 5.41) is 14.4. The maximum Gasteiger partial charge on any atom is 0.414 e. The van der Waals surface area contributed by atoms with Gasteiger partial charge in [0, 0.05) is 38.9 Å². The molecule has 0 aliphatic rings. The molecule has 1 N–H and O–H groups in total. The fourth-order valence-corrected chi connectivity index (χ4v) is 3.36. The van der Waals surface area contributed by atoms with Crippen LogP contribution in [0.2, 0.25) is 0 Å². The highest BCUT2D eigenvalue weighted by molar-refractivity contribution is 5.90. The van der Waals surface area contributed by atoms with Gasteiger partial charge in [0.05, 0.1) is 11.3 Å². The van der Waals surface area contributed by atoms with E-state index in [-0.39, 0.29) is 30.3 Å². The van der Waals surface area contributed by atoms with Crippen molar-refractivity contribution < 1.29 is 28.8 Å². The number of carbonyl (C=O) groups excluding carboxylic acids is 3. The minimum atomic E-state index is -0.783. The number of likely N-dealkylation sites (N-methyl/N-ethyl adjacent to an activating group) is 1. The second-order valence-corrected chi connectivity index (χ2v) is 10.2. The Morgan fingerprint density at radius 2 is 1.54 bits per heavy atom. The number of amides is 3. The Morgan fingerprint density at radius 3 is 2.10 bits per heavy atom. The molecule has 0 radical (unpaired) electrons. The van der Waals surface area contributed by atoms with Crippen LogP contribution in [0.25, 0.3) is 0 Å². The zero-order chi connectivity index (χ0) is 29.3. The molecule has 2 aromatic carbocycles. The van der Waals surface area contributed by atoms with Crippen LogP contribution in [0.5, 0.6) is 0 Å². The average Bonchev–Trinajstić information content (AvgIpc) is 2.85. The summed E-state index contributed by atoms with van der Waals surface area (Å²) in [5.74, 6) is -0.0860. The van der Waals surface area contributed by atoms with E-state index in [1.165, 1.54) is 30.1 Å². The number of nitro groups is 1. The maximum absolute atomic E-state index is 12.7. The van der Waals surface area contributed by atoms with E-state index in [4.69, 9.17) is 9.47 Å². The number of carbonyl (C=O) groups is 3. The Labute approximate surface area is 228 Å². The summed E-state index contributed by atoms with van der Waals surface area (Å²) in [7, 11) is 6.78. The van der Waals surface area contributed by atoms with Crippen molar-refractivity contribution in [2.24, 2.45) is 0 Å². The first kappa shape index (κ1) is 31.0. The summed E-state index contributed by atoms with van der Waals surface area (Å²) in [6.07, 6.45) is -1.18. The molecule has 212 valence electrons. The van der Waals surface area contributed by atoms with Crippen molar-refractivity contribution in [1.82, 2.24) is 10.2 Å². The minimum absolute atomic E-state index is 0.0116. The van der Waals surface area contributed by atoms with Gasteiger partial charge < -0.3 is 19.7 Å². The van der Waals surface area contributed by atoms with Crippen LogP contribution in [0.4, 0.5) is 26.7 Å². The highest BCUT2D eigenvalue weighted by Gasteiger charge is 2.26. The molecule has 0 bridgehead atoms. The second-order valence-electron chi connectivity index (χ2n) is 10.2. The summed E-state index contributed by atoms with van der Waals surface area (Å²) >= 11 is 0. The summed E-state index contributed by atoms with van der Waals surface area (Å²) in [6, 6.07) is 11.1. The summed E-state index contributed by atoms with van der Waals surface area (Å²) in [6.45, 7) is 6.21. The number of ether oxygens (including phenoxy) is 2. The monoisotopic (exact) mass is 543 g/mol. The molecule has 0 saturated carbocycles. The lowest BCUT2D eigenvalue weighted by molar-refractivity contribution is -0.384. The molecule has 12 nitrogen and oxygen atoms in total. The van der Waals surface area contributed by atoms with Crippen LogP contribution in [0.15, 0.2) is 42.5 Å². The van der Waals surface area contributed by atoms with Gasteiger partial charge in [-0.3, -0.25) is 24.7 Å². The summed E-state index contributed by atoms with van der Waals surface area (Å²) in [5.41, 5.74) is 0.748. The number of rotatable bonds is 10. The molecular weight excluding hydrogens is 506 g/mol. The highest BCUT2D eigenvalue weighted by atomic mass is 16.6. The number of hydrogen-bond donors (Lipinski definition) is 1. The third kappa shape index (κ3) is 9.89. The maximum atomic E-state index is 12.7. The van der Waals surface area contributed by atoms with Crippen LogP contribution in [0.3, 0.4) is 0 Å². The lowest BCUT2D eigenvalue weighted by Crippen LogP contribution is -2.34. The van der Waals surface area contributed by atoms with E-state index in [1.807, 2.05) is 19.0 Å². The lowest BCUT2D eigenvalue weighted by Gasteiger charge is -2.24. The van der Waals surface area contributed by atoms with Gasteiger partial charge in [-0.15, -0.1) is 0 Å². The molecule has 0 fully saturated rings. The molecule has 2 aromatic rings. The van der Waals surface area contributed by atoms with E-state index in [0.29, 0.717) is 17.8 Å². The molecule has 39 heavy (non-hydrogen) atoms. The molecule has 12 heteroatoms. The number of hydrogen-bond acceptors (Lipinski definition) is 8. The first-order valence-electron chi connectivity index (χ1n) is 12.3. The topological polar surface area (TPSA) is 135 Å². The quantitative estimate of drug-likeness (QED) is 0.352. The van der Waals surface area contributed by atoms with Crippen LogP contribution in [-0.4, -0.2) is 74.8 Å². The normalized spacial score (nSPS) is 11.1. The van der Waals surface area contributed by atoms with Gasteiger partial charge in [0.15, 0.2) is 0 Å². The van der Waals surface area contributed by atoms with E-state index >= 15 is 0 Å². The van der Waals surface area contributed by atoms with Gasteiger partial charge in [-0.25, -0.2) is 9.59 Å². The van der Waals surface area contributed by atoms with E-state index in [1.54, 1.807) is 52.1 Å². The van der Waals surface area contributed by atoms with Crippen molar-refractivity contribution in [2.45, 2.75) is 39.4 Å². The molecule has 0 atom stereocenters. The standard InChI is InChI=1S/C27H37N5O7/c1-27(2,3)39-26(35)31(7)23-16-20(10-13-22(23)32(36)37)18-38-25(34)30(6)21-11-8-19(9-12-21)17-24(33)28-14-15-29(4)5/h8-13,16H,14-15,17-18H2,1-7H3,(H,28,33). The third-order valence-corrected chi connectivity index (χ3v) is 5.47. The fourth-order valence-electron chi connectivity index (χ4n) is 3.36. The molecule has 0 saturated heterocycles. The van der Waals surface area contributed by atoms with Crippen LogP contribution < -0.4 is 15.1 Å². The molecule has 0 aliphatic carbocycles. The SMILES string of the molecule is CN(C)CCNC(=O)Cc1ccc(N(C)C(=O)OCc2ccc([N+](=O)[O-])c(N(C)C(=O)OC(C)(C)C)c2)cc1. The van der Waals surface area contributed by atoms with Crippen LogP contribution in [0.1, 0.15) is 31.9 Å². The van der Waals surface area contributed by atoms with E-state index in [2.05, 4.69) is 5.32 Å². The minimum Gasteiger partial charge on any atom is -0.444 e. The van der Waals surface area contributed by atoms with Gasteiger partial charge >= 0.3 is 12.2 Å². The Morgan fingerprint density at radius 1 is 0.923 bits per heavy atom. The van der Waals surface area contributed by atoms with Crippen molar-refractivity contribution in [2.75, 3.05) is 51.1 Å². The molecule has 0 spiro atoms. The first-order chi connectivity index (χ1) is 18.2. The zero-order valence-corrected chi connectivity index (χ0v) is 23.5. The van der Waals surface area contributed by atoms with Gasteiger partial charge in [0.25, 0.3) is 5.69 Å². The van der Waals surface area contributed by atoms with Crippen molar-refractivity contribution in [3.63, 3.8) is 0 Å². The lowest BCUT2D eigenvalue weighted by atomic mass is 10.1. The summed E-state index contributed by atoms with van der Waals surface area (Å²) in [4.78, 5) is 52.5. The molecule has 0 unspecified atom stereocenters. The van der Waals surface area contributed by atoms with Crippen LogP contribution >= 0.6 is 0 Å². The number of benzene rings is 2. The highest BCUT2D eigenvalue weighted by Crippen LogP contribution is 2.30. The summed E-state index contributed by atoms with van der Waals surface area (Å²) < 4.78 is 10.7. The van der Waals surface area contributed by atoms with Gasteiger partial charge in [0.2, 0.25) is 5.91 Å².